The van der Waals surface area contributed by atoms with Crippen LogP contribution in [0.2, 0.25) is 0 Å². The molecule has 2 N–H and O–H groups in total. The number of nitrogens with one attached hydrogen (secondary N) is 2. The van der Waals surface area contributed by atoms with E-state index in [1.165, 1.54) is 23.5 Å². The smallest absolute Gasteiger partial charge is 0.322 e. The lowest BCUT2D eigenvalue weighted by molar-refractivity contribution is -0.137. The molecule has 2 amide bonds. The predicted octanol–water partition coefficient (Wildman–Crippen LogP) is 6.40. The predicted molar refractivity (Wildman–Crippen MR) is 119 cm³/mol. The first-order chi connectivity index (χ1) is 15.2. The van der Waals surface area contributed by atoms with E-state index in [-0.39, 0.29) is 11.6 Å². The molecule has 2 aromatic carbocycles. The zero-order valence-electron chi connectivity index (χ0n) is 17.3. The van der Waals surface area contributed by atoms with Gasteiger partial charge in [0, 0.05) is 16.1 Å². The van der Waals surface area contributed by atoms with Gasteiger partial charge in [-0.1, -0.05) is 31.2 Å². The second-order valence-corrected chi connectivity index (χ2v) is 9.01. The Hall–Kier alpha value is -3.13. The zero-order chi connectivity index (χ0) is 22.9. The molecule has 0 spiro atoms. The molecule has 1 unspecified atom stereocenters. The minimum Gasteiger partial charge on any atom is -0.322 e. The molecule has 1 aliphatic rings. The van der Waals surface area contributed by atoms with Gasteiger partial charge in [0.05, 0.1) is 11.1 Å². The highest BCUT2D eigenvalue weighted by molar-refractivity contribution is 7.17. The van der Waals surface area contributed by atoms with Crippen LogP contribution in [0.15, 0.2) is 54.6 Å². The van der Waals surface area contributed by atoms with Gasteiger partial charge >= 0.3 is 6.18 Å². The van der Waals surface area contributed by atoms with Gasteiger partial charge in [-0.25, -0.2) is 0 Å². The van der Waals surface area contributed by atoms with Gasteiger partial charge in [0.15, 0.2) is 0 Å². The fourth-order valence-corrected chi connectivity index (χ4v) is 5.21. The molecule has 1 aliphatic carbocycles. The number of benzene rings is 2. The molecular formula is C24H21F3N2O2S. The quantitative estimate of drug-likeness (QED) is 0.476. The Bertz CT molecular complexity index is 1160. The van der Waals surface area contributed by atoms with Crippen LogP contribution in [-0.2, 0) is 19.0 Å². The molecule has 0 aliphatic heterocycles. The number of carbonyl (C=O) groups is 2. The molecule has 32 heavy (non-hydrogen) atoms. The summed E-state index contributed by atoms with van der Waals surface area (Å²) in [6.45, 7) is 2.13. The summed E-state index contributed by atoms with van der Waals surface area (Å²) in [4.78, 5) is 26.9. The first-order valence-electron chi connectivity index (χ1n) is 10.2. The molecule has 0 bridgehead atoms. The van der Waals surface area contributed by atoms with Gasteiger partial charge < -0.3 is 10.6 Å². The van der Waals surface area contributed by atoms with Crippen LogP contribution in [0.4, 0.5) is 23.9 Å². The minimum absolute atomic E-state index is 0.0503. The summed E-state index contributed by atoms with van der Waals surface area (Å²) < 4.78 is 39.2. The number of anilines is 2. The highest BCUT2D eigenvalue weighted by Gasteiger charge is 2.31. The lowest BCUT2D eigenvalue weighted by Crippen LogP contribution is -2.19. The summed E-state index contributed by atoms with van der Waals surface area (Å²) in [6, 6.07) is 13.2. The van der Waals surface area contributed by atoms with E-state index in [4.69, 9.17) is 0 Å². The second-order valence-electron chi connectivity index (χ2n) is 7.91. The van der Waals surface area contributed by atoms with E-state index in [0.29, 0.717) is 28.5 Å². The Morgan fingerprint density at radius 1 is 1.00 bits per heavy atom. The highest BCUT2D eigenvalue weighted by Crippen LogP contribution is 2.40. The second kappa shape index (κ2) is 8.78. The number of halogens is 3. The van der Waals surface area contributed by atoms with Crippen LogP contribution in [0.3, 0.4) is 0 Å². The van der Waals surface area contributed by atoms with E-state index < -0.39 is 17.6 Å². The lowest BCUT2D eigenvalue weighted by Gasteiger charge is -2.19. The number of amides is 2. The van der Waals surface area contributed by atoms with Crippen molar-refractivity contribution in [2.45, 2.75) is 32.4 Å². The SMILES string of the molecule is CC1CCc2c(sc(NC(=O)c3ccccc3)c2C(=O)Nc2cccc(C(F)(F)F)c2)C1. The molecule has 0 saturated carbocycles. The number of hydrogen-bond acceptors (Lipinski definition) is 3. The van der Waals surface area contributed by atoms with Gasteiger partial charge in [-0.05, 0) is 61.1 Å². The summed E-state index contributed by atoms with van der Waals surface area (Å²) in [5.74, 6) is -0.414. The zero-order valence-corrected chi connectivity index (χ0v) is 18.1. The molecule has 3 aromatic rings. The molecule has 0 saturated heterocycles. The number of rotatable bonds is 4. The van der Waals surface area contributed by atoms with E-state index >= 15 is 0 Å². The fraction of sp³-hybridized carbons (Fsp3) is 0.250. The lowest BCUT2D eigenvalue weighted by atomic mass is 9.88. The summed E-state index contributed by atoms with van der Waals surface area (Å²) >= 11 is 1.36. The average molecular weight is 459 g/mol. The number of thiophene rings is 1. The van der Waals surface area contributed by atoms with Crippen LogP contribution in [0.25, 0.3) is 0 Å². The molecule has 1 aromatic heterocycles. The summed E-state index contributed by atoms with van der Waals surface area (Å²) in [5, 5.41) is 5.85. The normalized spacial score (nSPS) is 15.7. The van der Waals surface area contributed by atoms with Crippen molar-refractivity contribution in [1.29, 1.82) is 0 Å². The Labute approximate surface area is 187 Å². The van der Waals surface area contributed by atoms with Gasteiger partial charge in [0.25, 0.3) is 11.8 Å². The van der Waals surface area contributed by atoms with E-state index in [1.54, 1.807) is 30.3 Å². The summed E-state index contributed by atoms with van der Waals surface area (Å²) in [5.41, 5.74) is 0.861. The third kappa shape index (κ3) is 4.70. The van der Waals surface area contributed by atoms with Crippen molar-refractivity contribution in [3.63, 3.8) is 0 Å². The summed E-state index contributed by atoms with van der Waals surface area (Å²) in [6.07, 6.45) is -2.13. The largest absolute Gasteiger partial charge is 0.416 e. The Balaban J connectivity index is 1.66. The fourth-order valence-electron chi connectivity index (χ4n) is 3.81. The maximum atomic E-state index is 13.2. The molecule has 8 heteroatoms. The van der Waals surface area contributed by atoms with Crippen LogP contribution < -0.4 is 10.6 Å². The maximum Gasteiger partial charge on any atom is 0.416 e. The van der Waals surface area contributed by atoms with Crippen molar-refractivity contribution in [3.05, 3.63) is 81.7 Å². The molecule has 0 radical (unpaired) electrons. The number of fused-ring (bicyclic) bond motifs is 1. The molecule has 1 heterocycles. The van der Waals surface area contributed by atoms with Crippen molar-refractivity contribution in [3.8, 4) is 0 Å². The van der Waals surface area contributed by atoms with Crippen molar-refractivity contribution in [1.82, 2.24) is 0 Å². The van der Waals surface area contributed by atoms with E-state index in [0.717, 1.165) is 35.4 Å². The Morgan fingerprint density at radius 3 is 2.47 bits per heavy atom. The molecule has 0 fully saturated rings. The van der Waals surface area contributed by atoms with Crippen LogP contribution >= 0.6 is 11.3 Å². The third-order valence-electron chi connectivity index (χ3n) is 5.45. The van der Waals surface area contributed by atoms with Gasteiger partial charge in [-0.3, -0.25) is 9.59 Å². The van der Waals surface area contributed by atoms with Gasteiger partial charge in [0.1, 0.15) is 5.00 Å². The monoisotopic (exact) mass is 458 g/mol. The van der Waals surface area contributed by atoms with E-state index in [2.05, 4.69) is 17.6 Å². The topological polar surface area (TPSA) is 58.2 Å². The van der Waals surface area contributed by atoms with Crippen LogP contribution in [0.1, 0.15) is 50.1 Å². The van der Waals surface area contributed by atoms with E-state index in [9.17, 15) is 22.8 Å². The Morgan fingerprint density at radius 2 is 1.75 bits per heavy atom. The molecule has 1 atom stereocenters. The van der Waals surface area contributed by atoms with Crippen molar-refractivity contribution in [2.75, 3.05) is 10.6 Å². The molecule has 166 valence electrons. The Kier molecular flexibility index (Phi) is 6.06. The standard InChI is InChI=1S/C24H21F3N2O2S/c1-14-10-11-18-19(12-14)32-23(29-21(30)15-6-3-2-4-7-15)20(18)22(31)28-17-9-5-8-16(13-17)24(25,26)27/h2-9,13-14H,10-12H2,1H3,(H,28,31)(H,29,30). The highest BCUT2D eigenvalue weighted by atomic mass is 32.1. The molecule has 4 nitrogen and oxygen atoms in total. The number of carbonyl (C=O) groups excluding carboxylic acids is 2. The van der Waals surface area contributed by atoms with Gasteiger partial charge in [-0.2, -0.15) is 13.2 Å². The number of alkyl halides is 3. The van der Waals surface area contributed by atoms with Crippen molar-refractivity contribution >= 4 is 33.8 Å². The first kappa shape index (κ1) is 22.1. The van der Waals surface area contributed by atoms with E-state index in [1.807, 2.05) is 0 Å². The molecular weight excluding hydrogens is 437 g/mol. The minimum atomic E-state index is -4.51. The third-order valence-corrected chi connectivity index (χ3v) is 6.62. The average Bonchev–Trinajstić information content (AvgIpc) is 3.10. The number of hydrogen-bond donors (Lipinski definition) is 2. The summed E-state index contributed by atoms with van der Waals surface area (Å²) in [7, 11) is 0. The van der Waals surface area contributed by atoms with Crippen molar-refractivity contribution in [2.24, 2.45) is 5.92 Å². The first-order valence-corrected chi connectivity index (χ1v) is 11.0. The van der Waals surface area contributed by atoms with Crippen LogP contribution in [0.5, 0.6) is 0 Å². The maximum absolute atomic E-state index is 13.2. The van der Waals surface area contributed by atoms with Gasteiger partial charge in [0.2, 0.25) is 0 Å². The van der Waals surface area contributed by atoms with Crippen LogP contribution in [0, 0.1) is 5.92 Å². The van der Waals surface area contributed by atoms with Crippen molar-refractivity contribution < 1.29 is 22.8 Å². The molecule has 4 rings (SSSR count). The van der Waals surface area contributed by atoms with Crippen LogP contribution in [-0.4, -0.2) is 11.8 Å². The van der Waals surface area contributed by atoms with Gasteiger partial charge in [-0.15, -0.1) is 11.3 Å².